The fourth-order valence-corrected chi connectivity index (χ4v) is 4.38. The Morgan fingerprint density at radius 2 is 1.86 bits per heavy atom. The molecule has 0 aliphatic carbocycles. The standard InChI is InChI=1S/C26H28N6O3/c1-18(2)30-12-14-31(15-13-30)25(33)20-17-28-32(24(20)23-9-6-16-35-23)26-27-11-10-21(29-26)19-7-4-5-8-22(19)34-3/h4-11,16-18H,12-15H2,1-3H3. The van der Waals surface area contributed by atoms with Gasteiger partial charge >= 0.3 is 0 Å². The molecule has 5 rings (SSSR count). The molecule has 0 atom stereocenters. The van der Waals surface area contributed by atoms with Crippen LogP contribution in [0, 0.1) is 0 Å². The van der Waals surface area contributed by atoms with Gasteiger partial charge in [0.15, 0.2) is 5.76 Å². The second-order valence-corrected chi connectivity index (χ2v) is 8.66. The summed E-state index contributed by atoms with van der Waals surface area (Å²) in [6.07, 6.45) is 4.83. The molecule has 0 unspecified atom stereocenters. The lowest BCUT2D eigenvalue weighted by molar-refractivity contribution is 0.0596. The van der Waals surface area contributed by atoms with Crippen LogP contribution in [0.1, 0.15) is 24.2 Å². The van der Waals surface area contributed by atoms with E-state index in [-0.39, 0.29) is 5.91 Å². The molecule has 1 aromatic carbocycles. The van der Waals surface area contributed by atoms with Crippen LogP contribution in [0.2, 0.25) is 0 Å². The van der Waals surface area contributed by atoms with Crippen molar-refractivity contribution in [2.24, 2.45) is 0 Å². The lowest BCUT2D eigenvalue weighted by Crippen LogP contribution is -2.50. The Morgan fingerprint density at radius 1 is 1.06 bits per heavy atom. The quantitative estimate of drug-likeness (QED) is 0.422. The van der Waals surface area contributed by atoms with Gasteiger partial charge in [-0.3, -0.25) is 9.69 Å². The number of ether oxygens (including phenoxy) is 1. The maximum absolute atomic E-state index is 13.6. The van der Waals surface area contributed by atoms with E-state index in [9.17, 15) is 4.79 Å². The van der Waals surface area contributed by atoms with Crippen LogP contribution in [-0.4, -0.2) is 74.8 Å². The minimum atomic E-state index is -0.0769. The van der Waals surface area contributed by atoms with Crippen LogP contribution in [0.3, 0.4) is 0 Å². The summed E-state index contributed by atoms with van der Waals surface area (Å²) in [6.45, 7) is 7.37. The smallest absolute Gasteiger partial charge is 0.257 e. The zero-order chi connectivity index (χ0) is 24.4. The third-order valence-corrected chi connectivity index (χ3v) is 6.30. The predicted molar refractivity (Wildman–Crippen MR) is 131 cm³/mol. The SMILES string of the molecule is COc1ccccc1-c1ccnc(-n2ncc(C(=O)N3CCN(C(C)C)CC3)c2-c2ccco2)n1. The van der Waals surface area contributed by atoms with Crippen molar-refractivity contribution in [1.82, 2.24) is 29.5 Å². The number of hydrogen-bond donors (Lipinski definition) is 0. The van der Waals surface area contributed by atoms with E-state index in [1.165, 1.54) is 0 Å². The lowest BCUT2D eigenvalue weighted by Gasteiger charge is -2.36. The maximum atomic E-state index is 13.6. The van der Waals surface area contributed by atoms with E-state index in [0.717, 1.165) is 18.7 Å². The second-order valence-electron chi connectivity index (χ2n) is 8.66. The molecule has 0 spiro atoms. The molecular formula is C26H28N6O3. The lowest BCUT2D eigenvalue weighted by atomic mass is 10.1. The number of carbonyl (C=O) groups excluding carboxylic acids is 1. The summed E-state index contributed by atoms with van der Waals surface area (Å²) in [4.78, 5) is 27.0. The largest absolute Gasteiger partial charge is 0.496 e. The number of rotatable bonds is 6. The van der Waals surface area contributed by atoms with E-state index in [1.807, 2.05) is 41.3 Å². The molecule has 1 saturated heterocycles. The summed E-state index contributed by atoms with van der Waals surface area (Å²) in [6, 6.07) is 13.5. The molecular weight excluding hydrogens is 444 g/mol. The third kappa shape index (κ3) is 4.42. The van der Waals surface area contributed by atoms with E-state index in [0.29, 0.717) is 53.5 Å². The first kappa shape index (κ1) is 22.8. The predicted octanol–water partition coefficient (Wildman–Crippen LogP) is 3.76. The van der Waals surface area contributed by atoms with Crippen LogP contribution < -0.4 is 4.74 Å². The summed E-state index contributed by atoms with van der Waals surface area (Å²) in [5.74, 6) is 1.49. The summed E-state index contributed by atoms with van der Waals surface area (Å²) in [7, 11) is 1.63. The van der Waals surface area contributed by atoms with Gasteiger partial charge in [0, 0.05) is 44.0 Å². The number of methoxy groups -OCH3 is 1. The minimum Gasteiger partial charge on any atom is -0.496 e. The van der Waals surface area contributed by atoms with Crippen LogP contribution in [0.4, 0.5) is 0 Å². The van der Waals surface area contributed by atoms with Crippen LogP contribution in [0.15, 0.2) is 65.5 Å². The molecule has 1 aliphatic rings. The van der Waals surface area contributed by atoms with Crippen molar-refractivity contribution >= 4 is 5.91 Å². The van der Waals surface area contributed by atoms with Gasteiger partial charge in [0.2, 0.25) is 0 Å². The number of aromatic nitrogens is 4. The molecule has 4 aromatic rings. The van der Waals surface area contributed by atoms with Gasteiger partial charge < -0.3 is 14.1 Å². The first-order chi connectivity index (χ1) is 17.1. The Kier molecular flexibility index (Phi) is 6.33. The van der Waals surface area contributed by atoms with E-state index in [2.05, 4.69) is 28.8 Å². The van der Waals surface area contributed by atoms with Crippen molar-refractivity contribution in [3.8, 4) is 34.4 Å². The van der Waals surface area contributed by atoms with Gasteiger partial charge in [-0.2, -0.15) is 9.78 Å². The summed E-state index contributed by atoms with van der Waals surface area (Å²) in [5.41, 5.74) is 2.52. The van der Waals surface area contributed by atoms with Crippen molar-refractivity contribution < 1.29 is 13.9 Å². The highest BCUT2D eigenvalue weighted by atomic mass is 16.5. The van der Waals surface area contributed by atoms with E-state index < -0.39 is 0 Å². The molecule has 9 nitrogen and oxygen atoms in total. The molecule has 3 aromatic heterocycles. The summed E-state index contributed by atoms with van der Waals surface area (Å²) < 4.78 is 12.8. The number of para-hydroxylation sites is 1. The van der Waals surface area contributed by atoms with Crippen molar-refractivity contribution in [3.63, 3.8) is 0 Å². The number of hydrogen-bond acceptors (Lipinski definition) is 7. The number of piperazine rings is 1. The Balaban J connectivity index is 1.53. The minimum absolute atomic E-state index is 0.0769. The number of benzene rings is 1. The van der Waals surface area contributed by atoms with Gasteiger partial charge in [-0.25, -0.2) is 9.97 Å². The molecule has 0 radical (unpaired) electrons. The highest BCUT2D eigenvalue weighted by Gasteiger charge is 2.29. The fourth-order valence-electron chi connectivity index (χ4n) is 4.38. The molecule has 180 valence electrons. The van der Waals surface area contributed by atoms with Gasteiger partial charge in [-0.1, -0.05) is 12.1 Å². The van der Waals surface area contributed by atoms with E-state index in [4.69, 9.17) is 14.1 Å². The topological polar surface area (TPSA) is 89.5 Å². The van der Waals surface area contributed by atoms with Crippen LogP contribution in [-0.2, 0) is 0 Å². The van der Waals surface area contributed by atoms with E-state index >= 15 is 0 Å². The zero-order valence-corrected chi connectivity index (χ0v) is 20.1. The molecule has 0 bridgehead atoms. The Morgan fingerprint density at radius 3 is 2.57 bits per heavy atom. The molecule has 4 heterocycles. The van der Waals surface area contributed by atoms with Gasteiger partial charge in [0.1, 0.15) is 11.4 Å². The van der Waals surface area contributed by atoms with Gasteiger partial charge in [-0.05, 0) is 44.2 Å². The molecule has 1 fully saturated rings. The van der Waals surface area contributed by atoms with Crippen LogP contribution in [0.25, 0.3) is 28.7 Å². The fraction of sp³-hybridized carbons (Fsp3) is 0.308. The average molecular weight is 473 g/mol. The van der Waals surface area contributed by atoms with Crippen LogP contribution >= 0.6 is 0 Å². The number of carbonyl (C=O) groups is 1. The van der Waals surface area contributed by atoms with Gasteiger partial charge in [0.25, 0.3) is 11.9 Å². The molecule has 1 aliphatic heterocycles. The second kappa shape index (κ2) is 9.71. The first-order valence-corrected chi connectivity index (χ1v) is 11.7. The Bertz CT molecular complexity index is 1310. The van der Waals surface area contributed by atoms with Crippen molar-refractivity contribution in [2.75, 3.05) is 33.3 Å². The Labute approximate surface area is 204 Å². The average Bonchev–Trinajstić information content (AvgIpc) is 3.58. The third-order valence-electron chi connectivity index (χ3n) is 6.30. The van der Waals surface area contributed by atoms with Crippen molar-refractivity contribution in [3.05, 3.63) is 66.7 Å². The molecule has 0 N–H and O–H groups in total. The summed E-state index contributed by atoms with van der Waals surface area (Å²) >= 11 is 0. The molecule has 0 saturated carbocycles. The molecule has 35 heavy (non-hydrogen) atoms. The number of furan rings is 1. The molecule has 9 heteroatoms. The van der Waals surface area contributed by atoms with Gasteiger partial charge in [-0.15, -0.1) is 0 Å². The van der Waals surface area contributed by atoms with Crippen molar-refractivity contribution in [2.45, 2.75) is 19.9 Å². The summed E-state index contributed by atoms with van der Waals surface area (Å²) in [5, 5.41) is 4.52. The monoisotopic (exact) mass is 472 g/mol. The zero-order valence-electron chi connectivity index (χ0n) is 20.1. The maximum Gasteiger partial charge on any atom is 0.257 e. The van der Waals surface area contributed by atoms with E-state index in [1.54, 1.807) is 36.5 Å². The highest BCUT2D eigenvalue weighted by Crippen LogP contribution is 2.30. The van der Waals surface area contributed by atoms with Gasteiger partial charge in [0.05, 0.1) is 30.8 Å². The van der Waals surface area contributed by atoms with Crippen LogP contribution in [0.5, 0.6) is 5.75 Å². The number of amides is 1. The number of nitrogens with zero attached hydrogens (tertiary/aromatic N) is 6. The van der Waals surface area contributed by atoms with Crippen molar-refractivity contribution in [1.29, 1.82) is 0 Å². The molecule has 1 amide bonds. The first-order valence-electron chi connectivity index (χ1n) is 11.7. The Hall–Kier alpha value is -3.98. The highest BCUT2D eigenvalue weighted by molar-refractivity contribution is 5.99. The normalized spacial score (nSPS) is 14.5.